The van der Waals surface area contributed by atoms with Gasteiger partial charge in [-0.15, -0.1) is 0 Å². The van der Waals surface area contributed by atoms with Gasteiger partial charge in [-0.3, -0.25) is 14.4 Å². The third-order valence-corrected chi connectivity index (χ3v) is 3.97. The average molecular weight is 447 g/mol. The minimum atomic E-state index is -0.876. The van der Waals surface area contributed by atoms with E-state index in [4.69, 9.17) is 21.1 Å². The molecule has 31 heavy (non-hydrogen) atoms. The highest BCUT2D eigenvalue weighted by Gasteiger charge is 2.11. The number of benzene rings is 2. The molecule has 10 heteroatoms. The van der Waals surface area contributed by atoms with E-state index in [0.29, 0.717) is 41.6 Å². The van der Waals surface area contributed by atoms with Crippen molar-refractivity contribution in [1.29, 1.82) is 0 Å². The minimum Gasteiger partial charge on any atom is -0.484 e. The van der Waals surface area contributed by atoms with Crippen LogP contribution in [0.3, 0.4) is 0 Å². The van der Waals surface area contributed by atoms with E-state index in [-0.39, 0.29) is 12.5 Å². The van der Waals surface area contributed by atoms with Gasteiger partial charge in [0.25, 0.3) is 5.91 Å². The summed E-state index contributed by atoms with van der Waals surface area (Å²) in [4.78, 5) is 35.3. The summed E-state index contributed by atoms with van der Waals surface area (Å²) in [6.45, 7) is 0.613. The van der Waals surface area contributed by atoms with Crippen LogP contribution in [-0.2, 0) is 19.1 Å². The lowest BCUT2D eigenvalue weighted by Crippen LogP contribution is -2.38. The van der Waals surface area contributed by atoms with Gasteiger partial charge in [0.1, 0.15) is 5.75 Å². The lowest BCUT2D eigenvalue weighted by atomic mass is 10.2. The molecule has 3 amide bonds. The molecule has 0 saturated heterocycles. The van der Waals surface area contributed by atoms with E-state index in [1.807, 2.05) is 0 Å². The number of nitrogens with zero attached hydrogens (tertiary/aromatic N) is 1. The molecular weight excluding hydrogens is 424 g/mol. The number of anilines is 1. The molecule has 2 rings (SSSR count). The number of nitrogens with one attached hydrogen (secondary N) is 3. The summed E-state index contributed by atoms with van der Waals surface area (Å²) in [5, 5.41) is 9.40. The summed E-state index contributed by atoms with van der Waals surface area (Å²) in [6.07, 6.45) is 1.96. The minimum absolute atomic E-state index is 0.201. The molecule has 0 atom stereocenters. The number of hydrogen-bond donors (Lipinski definition) is 3. The van der Waals surface area contributed by atoms with E-state index < -0.39 is 11.8 Å². The molecule has 0 aliphatic rings. The molecule has 0 bridgehead atoms. The fraction of sp³-hybridized carbons (Fsp3) is 0.238. The van der Waals surface area contributed by atoms with E-state index in [9.17, 15) is 14.4 Å². The number of carbonyl (C=O) groups excluding carboxylic acids is 3. The Morgan fingerprint density at radius 2 is 1.90 bits per heavy atom. The Hall–Kier alpha value is -3.43. The van der Waals surface area contributed by atoms with Crippen LogP contribution in [0.4, 0.5) is 5.69 Å². The second-order valence-corrected chi connectivity index (χ2v) is 6.66. The zero-order valence-electron chi connectivity index (χ0n) is 16.9. The number of rotatable bonds is 10. The Bertz CT molecular complexity index is 935. The van der Waals surface area contributed by atoms with E-state index in [1.165, 1.54) is 6.21 Å². The lowest BCUT2D eigenvalue weighted by molar-refractivity contribution is -0.139. The maximum Gasteiger partial charge on any atom is 0.329 e. The molecule has 0 aromatic heterocycles. The first kappa shape index (κ1) is 23.8. The van der Waals surface area contributed by atoms with Crippen molar-refractivity contribution >= 4 is 41.2 Å². The van der Waals surface area contributed by atoms with E-state index in [0.717, 1.165) is 0 Å². The van der Waals surface area contributed by atoms with Crippen molar-refractivity contribution in [3.05, 3.63) is 59.1 Å². The molecule has 0 fully saturated rings. The fourth-order valence-electron chi connectivity index (χ4n) is 2.31. The van der Waals surface area contributed by atoms with Crippen molar-refractivity contribution < 1.29 is 23.9 Å². The first-order valence-electron chi connectivity index (χ1n) is 9.36. The number of halogens is 1. The van der Waals surface area contributed by atoms with E-state index >= 15 is 0 Å². The van der Waals surface area contributed by atoms with Crippen LogP contribution in [-0.4, -0.2) is 50.8 Å². The molecule has 2 aromatic rings. The predicted octanol–water partition coefficient (Wildman–Crippen LogP) is 1.96. The normalized spacial score (nSPS) is 10.5. The first-order chi connectivity index (χ1) is 15.0. The number of hydrazone groups is 1. The Labute approximate surface area is 184 Å². The van der Waals surface area contributed by atoms with Gasteiger partial charge in [-0.25, -0.2) is 5.43 Å². The molecule has 0 radical (unpaired) electrons. The van der Waals surface area contributed by atoms with Crippen molar-refractivity contribution in [2.75, 3.05) is 32.2 Å². The summed E-state index contributed by atoms with van der Waals surface area (Å²) in [7, 11) is 1.55. The maximum absolute atomic E-state index is 12.0. The van der Waals surface area contributed by atoms with Gasteiger partial charge in [-0.05, 0) is 42.3 Å². The zero-order valence-corrected chi connectivity index (χ0v) is 17.6. The van der Waals surface area contributed by atoms with Gasteiger partial charge in [0.2, 0.25) is 0 Å². The highest BCUT2D eigenvalue weighted by atomic mass is 35.5. The molecular formula is C21H23ClN4O5. The highest BCUT2D eigenvalue weighted by molar-refractivity contribution is 6.35. The summed E-state index contributed by atoms with van der Waals surface area (Å²) in [6, 6.07) is 13.5. The maximum atomic E-state index is 12.0. The van der Waals surface area contributed by atoms with Gasteiger partial charge < -0.3 is 20.1 Å². The Balaban J connectivity index is 1.78. The second kappa shape index (κ2) is 13.0. The first-order valence-corrected chi connectivity index (χ1v) is 9.74. The highest BCUT2D eigenvalue weighted by Crippen LogP contribution is 2.15. The zero-order chi connectivity index (χ0) is 22.5. The van der Waals surface area contributed by atoms with Crippen LogP contribution in [0.2, 0.25) is 5.02 Å². The topological polar surface area (TPSA) is 118 Å². The van der Waals surface area contributed by atoms with Crippen molar-refractivity contribution in [2.24, 2.45) is 5.10 Å². The van der Waals surface area contributed by atoms with Crippen LogP contribution in [0, 0.1) is 0 Å². The lowest BCUT2D eigenvalue weighted by Gasteiger charge is -2.08. The third-order valence-electron chi connectivity index (χ3n) is 3.73. The smallest absolute Gasteiger partial charge is 0.329 e. The number of hydrogen-bond acceptors (Lipinski definition) is 6. The summed E-state index contributed by atoms with van der Waals surface area (Å²) >= 11 is 5.88. The molecule has 0 saturated carbocycles. The second-order valence-electron chi connectivity index (χ2n) is 6.22. The van der Waals surface area contributed by atoms with Crippen LogP contribution >= 0.6 is 11.6 Å². The van der Waals surface area contributed by atoms with Crippen molar-refractivity contribution in [2.45, 2.75) is 6.42 Å². The van der Waals surface area contributed by atoms with Crippen LogP contribution in [0.25, 0.3) is 0 Å². The van der Waals surface area contributed by atoms with E-state index in [2.05, 4.69) is 21.2 Å². The molecule has 2 aromatic carbocycles. The molecule has 9 nitrogen and oxygen atoms in total. The average Bonchev–Trinajstić information content (AvgIpc) is 2.75. The number of methoxy groups -OCH3 is 1. The third kappa shape index (κ3) is 9.28. The van der Waals surface area contributed by atoms with Gasteiger partial charge in [0.05, 0.1) is 6.21 Å². The summed E-state index contributed by atoms with van der Waals surface area (Å²) in [5.41, 5.74) is 3.32. The van der Waals surface area contributed by atoms with Gasteiger partial charge >= 0.3 is 11.8 Å². The fourth-order valence-corrected chi connectivity index (χ4v) is 2.50. The van der Waals surface area contributed by atoms with Crippen LogP contribution in [0.5, 0.6) is 5.75 Å². The van der Waals surface area contributed by atoms with Gasteiger partial charge in [0, 0.05) is 31.0 Å². The number of amides is 3. The largest absolute Gasteiger partial charge is 0.484 e. The van der Waals surface area contributed by atoms with Crippen molar-refractivity contribution in [3.63, 3.8) is 0 Å². The molecule has 0 unspecified atom stereocenters. The van der Waals surface area contributed by atoms with Crippen LogP contribution in [0.15, 0.2) is 53.6 Å². The molecule has 0 heterocycles. The number of carbonyl (C=O) groups is 3. The standard InChI is InChI=1S/C21H23ClN4O5/c1-30-10-4-9-23-20(28)21(29)26-24-13-15-5-2-8-18(11-15)31-14-19(27)25-17-7-3-6-16(22)12-17/h2-3,5-8,11-13H,4,9-10,14H2,1H3,(H,23,28)(H,25,27)(H,26,29)/b24-13-. The molecule has 0 aliphatic heterocycles. The van der Waals surface area contributed by atoms with Crippen molar-refractivity contribution in [1.82, 2.24) is 10.7 Å². The predicted molar refractivity (Wildman–Crippen MR) is 117 cm³/mol. The molecule has 3 N–H and O–H groups in total. The SMILES string of the molecule is COCCCNC(=O)C(=O)N/N=C\c1cccc(OCC(=O)Nc2cccc(Cl)c2)c1. The Morgan fingerprint density at radius 3 is 2.68 bits per heavy atom. The van der Waals surface area contributed by atoms with Crippen LogP contribution in [0.1, 0.15) is 12.0 Å². The number of ether oxygens (including phenoxy) is 2. The Morgan fingerprint density at radius 1 is 1.10 bits per heavy atom. The van der Waals surface area contributed by atoms with Crippen molar-refractivity contribution in [3.8, 4) is 5.75 Å². The summed E-state index contributed by atoms with van der Waals surface area (Å²) in [5.74, 6) is -1.56. The van der Waals surface area contributed by atoms with Gasteiger partial charge in [-0.1, -0.05) is 29.8 Å². The Kier molecular flexibility index (Phi) is 9.99. The summed E-state index contributed by atoms with van der Waals surface area (Å²) < 4.78 is 10.3. The monoisotopic (exact) mass is 446 g/mol. The van der Waals surface area contributed by atoms with E-state index in [1.54, 1.807) is 55.6 Å². The molecule has 0 aliphatic carbocycles. The quantitative estimate of drug-likeness (QED) is 0.223. The van der Waals surface area contributed by atoms with Gasteiger partial charge in [-0.2, -0.15) is 5.10 Å². The van der Waals surface area contributed by atoms with Crippen LogP contribution < -0.4 is 20.8 Å². The molecule has 164 valence electrons. The van der Waals surface area contributed by atoms with Gasteiger partial charge in [0.15, 0.2) is 6.61 Å². The molecule has 0 spiro atoms.